The number of carbonyl (C=O) groups is 2. The molecule has 1 atom stereocenters. The topological polar surface area (TPSA) is 69.6 Å². The van der Waals surface area contributed by atoms with E-state index in [2.05, 4.69) is 5.32 Å². The number of hydrogen-bond acceptors (Lipinski definition) is 3. The smallest absolute Gasteiger partial charge is 0.323 e. The molecule has 0 aromatic rings. The lowest BCUT2D eigenvalue weighted by molar-refractivity contribution is -0.146. The molecule has 5 nitrogen and oxygen atoms in total. The van der Waals surface area contributed by atoms with Crippen LogP contribution in [0.3, 0.4) is 0 Å². The van der Waals surface area contributed by atoms with E-state index < -0.39 is 5.97 Å². The molecule has 0 radical (unpaired) electrons. The molecule has 1 amide bonds. The van der Waals surface area contributed by atoms with Crippen LogP contribution < -0.4 is 5.32 Å². The minimum Gasteiger partial charge on any atom is -0.480 e. The Bertz CT molecular complexity index is 321. The van der Waals surface area contributed by atoms with Gasteiger partial charge in [0.25, 0.3) is 0 Å². The van der Waals surface area contributed by atoms with Crippen LogP contribution in [0.25, 0.3) is 0 Å². The average molecular weight is 268 g/mol. The number of rotatable bonds is 6. The zero-order chi connectivity index (χ0) is 13.7. The van der Waals surface area contributed by atoms with Crippen molar-refractivity contribution in [2.75, 3.05) is 19.6 Å². The highest BCUT2D eigenvalue weighted by molar-refractivity contribution is 5.81. The maximum Gasteiger partial charge on any atom is 0.323 e. The maximum atomic E-state index is 12.3. The number of aliphatic carboxylic acids is 1. The van der Waals surface area contributed by atoms with Crippen molar-refractivity contribution in [2.45, 2.75) is 51.0 Å². The molecule has 2 fully saturated rings. The summed E-state index contributed by atoms with van der Waals surface area (Å²) in [5, 5.41) is 12.3. The van der Waals surface area contributed by atoms with Crippen molar-refractivity contribution in [1.29, 1.82) is 0 Å². The van der Waals surface area contributed by atoms with Crippen LogP contribution in [0, 0.1) is 5.92 Å². The Morgan fingerprint density at radius 1 is 1.21 bits per heavy atom. The van der Waals surface area contributed by atoms with Gasteiger partial charge in [-0.25, -0.2) is 0 Å². The van der Waals surface area contributed by atoms with Crippen molar-refractivity contribution in [1.82, 2.24) is 10.2 Å². The summed E-state index contributed by atoms with van der Waals surface area (Å²) in [4.78, 5) is 24.8. The fraction of sp³-hybridized carbons (Fsp3) is 0.857. The lowest BCUT2D eigenvalue weighted by Gasteiger charge is -2.27. The van der Waals surface area contributed by atoms with E-state index in [1.165, 1.54) is 0 Å². The Kier molecular flexibility index (Phi) is 5.19. The van der Waals surface area contributed by atoms with Crippen LogP contribution >= 0.6 is 0 Å². The third kappa shape index (κ3) is 4.20. The van der Waals surface area contributed by atoms with E-state index >= 15 is 0 Å². The number of carboxylic acid groups (broad SMARTS) is 1. The summed E-state index contributed by atoms with van der Waals surface area (Å²) in [6.45, 7) is 1.91. The summed E-state index contributed by atoms with van der Waals surface area (Å²) in [7, 11) is 0. The van der Waals surface area contributed by atoms with Crippen LogP contribution in [0.2, 0.25) is 0 Å². The van der Waals surface area contributed by atoms with Gasteiger partial charge in [-0.3, -0.25) is 9.59 Å². The Labute approximate surface area is 114 Å². The van der Waals surface area contributed by atoms with E-state index in [4.69, 9.17) is 5.11 Å². The van der Waals surface area contributed by atoms with Gasteiger partial charge < -0.3 is 15.3 Å². The van der Waals surface area contributed by atoms with Crippen molar-refractivity contribution in [3.8, 4) is 0 Å². The largest absolute Gasteiger partial charge is 0.480 e. The standard InChI is InChI=1S/C14H24N2O3/c17-13(6-5-11-7-8-15-9-11)16(10-14(18)19)12-3-1-2-4-12/h11-12,15H,1-10H2,(H,18,19). The second kappa shape index (κ2) is 6.89. The van der Waals surface area contributed by atoms with Crippen LogP contribution in [0.15, 0.2) is 0 Å². The van der Waals surface area contributed by atoms with E-state index in [0.29, 0.717) is 12.3 Å². The summed E-state index contributed by atoms with van der Waals surface area (Å²) < 4.78 is 0. The highest BCUT2D eigenvalue weighted by atomic mass is 16.4. The third-order valence-electron chi connectivity index (χ3n) is 4.32. The highest BCUT2D eigenvalue weighted by Gasteiger charge is 2.28. The minimum absolute atomic E-state index is 0.0289. The van der Waals surface area contributed by atoms with Gasteiger partial charge in [0, 0.05) is 12.5 Å². The molecule has 1 saturated carbocycles. The quantitative estimate of drug-likeness (QED) is 0.760. The first kappa shape index (κ1) is 14.3. The number of carbonyl (C=O) groups excluding carboxylic acids is 1. The molecular weight excluding hydrogens is 244 g/mol. The molecule has 2 aliphatic rings. The normalized spacial score (nSPS) is 23.7. The first-order valence-corrected chi connectivity index (χ1v) is 7.39. The van der Waals surface area contributed by atoms with Gasteiger partial charge in [-0.05, 0) is 44.7 Å². The van der Waals surface area contributed by atoms with Crippen molar-refractivity contribution < 1.29 is 14.7 Å². The lowest BCUT2D eigenvalue weighted by Crippen LogP contribution is -2.42. The van der Waals surface area contributed by atoms with E-state index in [9.17, 15) is 9.59 Å². The van der Waals surface area contributed by atoms with Gasteiger partial charge in [-0.1, -0.05) is 12.8 Å². The number of nitrogens with one attached hydrogen (secondary N) is 1. The summed E-state index contributed by atoms with van der Waals surface area (Å²) in [5.74, 6) is -0.289. The van der Waals surface area contributed by atoms with E-state index in [0.717, 1.165) is 51.6 Å². The molecule has 0 bridgehead atoms. The fourth-order valence-corrected chi connectivity index (χ4v) is 3.21. The molecule has 19 heavy (non-hydrogen) atoms. The molecule has 0 spiro atoms. The van der Waals surface area contributed by atoms with Gasteiger partial charge in [-0.15, -0.1) is 0 Å². The molecule has 1 aliphatic carbocycles. The molecule has 1 aliphatic heterocycles. The van der Waals surface area contributed by atoms with Crippen molar-refractivity contribution in [3.05, 3.63) is 0 Å². The lowest BCUT2D eigenvalue weighted by atomic mass is 10.0. The zero-order valence-corrected chi connectivity index (χ0v) is 11.4. The van der Waals surface area contributed by atoms with Crippen LogP contribution in [0.4, 0.5) is 0 Å². The number of carboxylic acids is 1. The third-order valence-corrected chi connectivity index (χ3v) is 4.32. The van der Waals surface area contributed by atoms with Gasteiger partial charge in [0.05, 0.1) is 0 Å². The Balaban J connectivity index is 1.84. The van der Waals surface area contributed by atoms with Gasteiger partial charge in [-0.2, -0.15) is 0 Å². The van der Waals surface area contributed by atoms with Gasteiger partial charge in [0.2, 0.25) is 5.91 Å². The van der Waals surface area contributed by atoms with E-state index in [1.807, 2.05) is 0 Å². The van der Waals surface area contributed by atoms with Crippen LogP contribution in [0.1, 0.15) is 44.9 Å². The maximum absolute atomic E-state index is 12.3. The van der Waals surface area contributed by atoms with Crippen molar-refractivity contribution in [3.63, 3.8) is 0 Å². The van der Waals surface area contributed by atoms with Gasteiger partial charge in [0.1, 0.15) is 6.54 Å². The molecular formula is C14H24N2O3. The van der Waals surface area contributed by atoms with Gasteiger partial charge in [0.15, 0.2) is 0 Å². The molecule has 0 aromatic heterocycles. The molecule has 5 heteroatoms. The Morgan fingerprint density at radius 3 is 2.53 bits per heavy atom. The van der Waals surface area contributed by atoms with Crippen LogP contribution in [-0.4, -0.2) is 47.6 Å². The Morgan fingerprint density at radius 2 is 1.95 bits per heavy atom. The first-order valence-electron chi connectivity index (χ1n) is 7.39. The van der Waals surface area contributed by atoms with Crippen LogP contribution in [0.5, 0.6) is 0 Å². The predicted octanol–water partition coefficient (Wildman–Crippen LogP) is 1.23. The van der Waals surface area contributed by atoms with E-state index in [1.54, 1.807) is 4.90 Å². The second-order valence-corrected chi connectivity index (χ2v) is 5.75. The molecule has 2 rings (SSSR count). The molecule has 108 valence electrons. The monoisotopic (exact) mass is 268 g/mol. The van der Waals surface area contributed by atoms with Crippen LogP contribution in [-0.2, 0) is 9.59 Å². The molecule has 1 unspecified atom stereocenters. The predicted molar refractivity (Wildman–Crippen MR) is 71.8 cm³/mol. The summed E-state index contributed by atoms with van der Waals surface area (Å²) in [5.41, 5.74) is 0. The van der Waals surface area contributed by atoms with E-state index in [-0.39, 0.29) is 18.5 Å². The molecule has 0 aromatic carbocycles. The number of hydrogen-bond donors (Lipinski definition) is 2. The van der Waals surface area contributed by atoms with Crippen molar-refractivity contribution in [2.24, 2.45) is 5.92 Å². The van der Waals surface area contributed by atoms with Gasteiger partial charge >= 0.3 is 5.97 Å². The number of nitrogens with zero attached hydrogens (tertiary/aromatic N) is 1. The molecule has 1 saturated heterocycles. The van der Waals surface area contributed by atoms with Crippen molar-refractivity contribution >= 4 is 11.9 Å². The number of amides is 1. The average Bonchev–Trinajstić information content (AvgIpc) is 3.05. The second-order valence-electron chi connectivity index (χ2n) is 5.75. The summed E-state index contributed by atoms with van der Waals surface area (Å²) in [6.07, 6.45) is 6.66. The molecule has 1 heterocycles. The fourth-order valence-electron chi connectivity index (χ4n) is 3.21. The zero-order valence-electron chi connectivity index (χ0n) is 11.4. The minimum atomic E-state index is -0.900. The summed E-state index contributed by atoms with van der Waals surface area (Å²) >= 11 is 0. The Hall–Kier alpha value is -1.10. The highest BCUT2D eigenvalue weighted by Crippen LogP contribution is 2.25. The first-order chi connectivity index (χ1) is 9.16. The SMILES string of the molecule is O=C(O)CN(C(=O)CCC1CCNC1)C1CCCC1. The molecule has 2 N–H and O–H groups in total. The summed E-state index contributed by atoms with van der Waals surface area (Å²) in [6, 6.07) is 0.158.